The maximum atomic E-state index is 12.5. The summed E-state index contributed by atoms with van der Waals surface area (Å²) >= 11 is 2.64. The Balaban J connectivity index is 1.82. The number of rotatable bonds is 5. The largest absolute Gasteiger partial charge is 0.374 e. The Bertz CT molecular complexity index is 841. The average molecular weight is 345 g/mol. The van der Waals surface area contributed by atoms with E-state index >= 15 is 0 Å². The molecule has 0 aliphatic heterocycles. The fourth-order valence-electron chi connectivity index (χ4n) is 2.37. The number of aryl methyl sites for hydroxylation is 1. The number of carbonyl (C=O) groups is 1. The molecule has 0 aromatic carbocycles. The van der Waals surface area contributed by atoms with E-state index in [9.17, 15) is 4.79 Å². The number of Topliss-reactive ketones (excluding diaryl/α,β-unsaturated/α-hetero) is 1. The average Bonchev–Trinajstić information content (AvgIpc) is 3.09. The Morgan fingerprint density at radius 1 is 1.35 bits per heavy atom. The third-order valence-corrected chi connectivity index (χ3v) is 5.24. The predicted octanol–water partition coefficient (Wildman–Crippen LogP) is 2.90. The first kappa shape index (κ1) is 15.7. The molecule has 0 saturated carbocycles. The number of nitrogen functional groups attached to an aromatic ring is 1. The summed E-state index contributed by atoms with van der Waals surface area (Å²) in [6.45, 7) is 3.90. The van der Waals surface area contributed by atoms with E-state index in [0.29, 0.717) is 20.8 Å². The van der Waals surface area contributed by atoms with Crippen molar-refractivity contribution in [2.45, 2.75) is 18.2 Å². The van der Waals surface area contributed by atoms with Crippen molar-refractivity contribution in [2.24, 2.45) is 0 Å². The Kier molecular flexibility index (Phi) is 4.44. The van der Waals surface area contributed by atoms with Gasteiger partial charge in [-0.2, -0.15) is 0 Å². The van der Waals surface area contributed by atoms with Gasteiger partial charge in [-0.15, -0.1) is 10.2 Å². The number of thioether (sulfide) groups is 1. The van der Waals surface area contributed by atoms with Gasteiger partial charge in [0.15, 0.2) is 10.1 Å². The van der Waals surface area contributed by atoms with Crippen molar-refractivity contribution in [3.63, 3.8) is 0 Å². The molecule has 2 N–H and O–H groups in total. The molecule has 3 aromatic rings. The van der Waals surface area contributed by atoms with Crippen LogP contribution in [0.5, 0.6) is 0 Å². The summed E-state index contributed by atoms with van der Waals surface area (Å²) in [5.41, 5.74) is 8.12. The highest BCUT2D eigenvalue weighted by Gasteiger charge is 2.18. The summed E-state index contributed by atoms with van der Waals surface area (Å²) in [5.74, 6) is 1.17. The fourth-order valence-corrected chi connectivity index (χ4v) is 3.89. The van der Waals surface area contributed by atoms with Crippen molar-refractivity contribution in [3.05, 3.63) is 47.4 Å². The van der Waals surface area contributed by atoms with Gasteiger partial charge in [0.1, 0.15) is 5.82 Å². The minimum atomic E-state index is 0.0547. The lowest BCUT2D eigenvalue weighted by molar-refractivity contribution is 0.102. The zero-order valence-electron chi connectivity index (χ0n) is 12.7. The number of carbonyl (C=O) groups excluding carboxylic acids is 1. The molecule has 3 rings (SSSR count). The molecule has 0 saturated heterocycles. The number of aromatic nitrogens is 4. The van der Waals surface area contributed by atoms with Crippen LogP contribution >= 0.6 is 23.1 Å². The van der Waals surface area contributed by atoms with E-state index in [-0.39, 0.29) is 5.78 Å². The van der Waals surface area contributed by atoms with Gasteiger partial charge >= 0.3 is 0 Å². The summed E-state index contributed by atoms with van der Waals surface area (Å²) in [4.78, 5) is 16.9. The second-order valence-corrected chi connectivity index (χ2v) is 7.16. The van der Waals surface area contributed by atoms with Gasteiger partial charge in [0, 0.05) is 23.1 Å². The maximum Gasteiger partial charge on any atom is 0.203 e. The number of nitrogens with two attached hydrogens (primary N) is 1. The van der Waals surface area contributed by atoms with Crippen LogP contribution in [0, 0.1) is 13.8 Å². The van der Waals surface area contributed by atoms with Crippen molar-refractivity contribution >= 4 is 34.0 Å². The molecule has 0 amide bonds. The maximum absolute atomic E-state index is 12.5. The lowest BCUT2D eigenvalue weighted by Gasteiger charge is -2.08. The van der Waals surface area contributed by atoms with Gasteiger partial charge in [-0.25, -0.2) is 4.98 Å². The fraction of sp³-hybridized carbons (Fsp3) is 0.200. The Hall–Kier alpha value is -2.19. The van der Waals surface area contributed by atoms with Crippen LogP contribution < -0.4 is 5.73 Å². The first-order chi connectivity index (χ1) is 11.1. The van der Waals surface area contributed by atoms with Crippen LogP contribution in [0.25, 0.3) is 5.82 Å². The summed E-state index contributed by atoms with van der Waals surface area (Å²) in [6.07, 6.45) is 1.74. The van der Waals surface area contributed by atoms with Crippen molar-refractivity contribution in [1.29, 1.82) is 0 Å². The number of pyridine rings is 1. The summed E-state index contributed by atoms with van der Waals surface area (Å²) in [6, 6.07) is 7.63. The molecule has 0 atom stereocenters. The quantitative estimate of drug-likeness (QED) is 0.565. The summed E-state index contributed by atoms with van der Waals surface area (Å²) in [7, 11) is 0. The Morgan fingerprint density at radius 2 is 2.17 bits per heavy atom. The highest BCUT2D eigenvalue weighted by Crippen LogP contribution is 2.26. The van der Waals surface area contributed by atoms with Crippen molar-refractivity contribution in [3.8, 4) is 5.82 Å². The topological polar surface area (TPSA) is 86.7 Å². The first-order valence-corrected chi connectivity index (χ1v) is 8.72. The molecule has 0 radical (unpaired) electrons. The molecule has 3 heterocycles. The molecule has 23 heavy (non-hydrogen) atoms. The third-order valence-electron chi connectivity index (χ3n) is 3.36. The van der Waals surface area contributed by atoms with Gasteiger partial charge in [0.25, 0.3) is 0 Å². The number of ketones is 1. The van der Waals surface area contributed by atoms with Gasteiger partial charge in [-0.3, -0.25) is 4.79 Å². The second-order valence-electron chi connectivity index (χ2n) is 4.93. The molecule has 0 bridgehead atoms. The highest BCUT2D eigenvalue weighted by molar-refractivity contribution is 8.01. The number of hydrogen-bond acceptors (Lipinski definition) is 7. The number of nitrogens with zero attached hydrogens (tertiary/aromatic N) is 4. The Labute approximate surface area is 141 Å². The van der Waals surface area contributed by atoms with Crippen LogP contribution in [0.1, 0.15) is 21.7 Å². The standard InChI is InChI=1S/C15H15N5OS2/c1-9-7-11(10(2)20(9)13-5-3-4-6-17-13)12(21)8-22-15-19-18-14(16)23-15/h3-7H,8H2,1-2H3,(H2,16,18). The van der Waals surface area contributed by atoms with Crippen molar-refractivity contribution < 1.29 is 4.79 Å². The lowest BCUT2D eigenvalue weighted by atomic mass is 10.2. The number of hydrogen-bond donors (Lipinski definition) is 1. The molecule has 6 nitrogen and oxygen atoms in total. The van der Waals surface area contributed by atoms with E-state index in [0.717, 1.165) is 17.2 Å². The zero-order chi connectivity index (χ0) is 16.4. The molecule has 3 aromatic heterocycles. The van der Waals surface area contributed by atoms with E-state index < -0.39 is 0 Å². The van der Waals surface area contributed by atoms with E-state index in [2.05, 4.69) is 15.2 Å². The van der Waals surface area contributed by atoms with Crippen LogP contribution in [0.15, 0.2) is 34.8 Å². The van der Waals surface area contributed by atoms with Gasteiger partial charge < -0.3 is 10.3 Å². The van der Waals surface area contributed by atoms with Crippen LogP contribution in [-0.4, -0.2) is 31.3 Å². The minimum absolute atomic E-state index is 0.0547. The van der Waals surface area contributed by atoms with Crippen molar-refractivity contribution in [1.82, 2.24) is 19.7 Å². The van der Waals surface area contributed by atoms with Gasteiger partial charge in [0.05, 0.1) is 5.75 Å². The zero-order valence-corrected chi connectivity index (χ0v) is 14.3. The molecule has 118 valence electrons. The smallest absolute Gasteiger partial charge is 0.203 e. The van der Waals surface area contributed by atoms with Gasteiger partial charge in [-0.1, -0.05) is 29.2 Å². The normalized spacial score (nSPS) is 10.9. The van der Waals surface area contributed by atoms with E-state index in [1.165, 1.54) is 23.1 Å². The van der Waals surface area contributed by atoms with Crippen LogP contribution in [0.3, 0.4) is 0 Å². The highest BCUT2D eigenvalue weighted by atomic mass is 32.2. The molecule has 0 fully saturated rings. The molecule has 0 spiro atoms. The van der Waals surface area contributed by atoms with Crippen molar-refractivity contribution in [2.75, 3.05) is 11.5 Å². The molecule has 0 aliphatic carbocycles. The first-order valence-electron chi connectivity index (χ1n) is 6.91. The van der Waals surface area contributed by atoms with E-state index in [4.69, 9.17) is 5.73 Å². The molecular formula is C15H15N5OS2. The van der Waals surface area contributed by atoms with Crippen LogP contribution in [0.4, 0.5) is 5.13 Å². The molecule has 0 unspecified atom stereocenters. The second kappa shape index (κ2) is 6.51. The lowest BCUT2D eigenvalue weighted by Crippen LogP contribution is -2.06. The number of anilines is 1. The summed E-state index contributed by atoms with van der Waals surface area (Å²) in [5, 5.41) is 8.07. The monoisotopic (exact) mass is 345 g/mol. The van der Waals surface area contributed by atoms with E-state index in [1.54, 1.807) is 6.20 Å². The summed E-state index contributed by atoms with van der Waals surface area (Å²) < 4.78 is 2.69. The molecular weight excluding hydrogens is 330 g/mol. The Morgan fingerprint density at radius 3 is 2.83 bits per heavy atom. The minimum Gasteiger partial charge on any atom is -0.374 e. The van der Waals surface area contributed by atoms with Gasteiger partial charge in [-0.05, 0) is 32.0 Å². The van der Waals surface area contributed by atoms with Crippen LogP contribution in [0.2, 0.25) is 0 Å². The predicted molar refractivity (Wildman–Crippen MR) is 92.4 cm³/mol. The van der Waals surface area contributed by atoms with E-state index in [1.807, 2.05) is 42.7 Å². The molecule has 0 aliphatic rings. The SMILES string of the molecule is Cc1cc(C(=O)CSc2nnc(N)s2)c(C)n1-c1ccccn1. The van der Waals surface area contributed by atoms with Crippen LogP contribution in [-0.2, 0) is 0 Å². The third kappa shape index (κ3) is 3.27. The molecule has 8 heteroatoms. The van der Waals surface area contributed by atoms with Gasteiger partial charge in [0.2, 0.25) is 5.13 Å².